The van der Waals surface area contributed by atoms with Crippen LogP contribution in [-0.4, -0.2) is 16.8 Å². The van der Waals surface area contributed by atoms with Crippen LogP contribution in [0.4, 0.5) is 0 Å². The van der Waals surface area contributed by atoms with Crippen LogP contribution in [0.25, 0.3) is 0 Å². The first kappa shape index (κ1) is 8.92. The van der Waals surface area contributed by atoms with Gasteiger partial charge >= 0.3 is 6.95 Å². The van der Waals surface area contributed by atoms with Gasteiger partial charge in [-0.2, -0.15) is 0 Å². The molecule has 0 aliphatic carbocycles. The Kier molecular flexibility index (Phi) is 4.30. The molecule has 1 N–H and O–H groups in total. The Morgan fingerprint density at radius 3 is 2.50 bits per heavy atom. The molecule has 8 heavy (non-hydrogen) atoms. The quantitative estimate of drug-likeness (QED) is 0.585. The highest BCUT2D eigenvalue weighted by Crippen LogP contribution is 2.47. The molecule has 0 saturated heterocycles. The highest BCUT2D eigenvalue weighted by atomic mass is 79.9. The highest BCUT2D eigenvalue weighted by Gasteiger charge is 2.11. The Bertz CT molecular complexity index is 101. The smallest absolute Gasteiger partial charge is 0.313 e. The lowest BCUT2D eigenvalue weighted by atomic mass is 10.9. The van der Waals surface area contributed by atoms with E-state index in [2.05, 4.69) is 20.5 Å². The molecule has 0 saturated carbocycles. The maximum Gasteiger partial charge on any atom is 0.421 e. The van der Waals surface area contributed by atoms with Crippen molar-refractivity contribution in [3.63, 3.8) is 0 Å². The summed E-state index contributed by atoms with van der Waals surface area (Å²) in [6.45, 7) is -3.59. The van der Waals surface area contributed by atoms with Gasteiger partial charge < -0.3 is 4.89 Å². The molecular formula is C2H5BrClO3P. The second-order valence-corrected chi connectivity index (χ2v) is 4.21. The summed E-state index contributed by atoms with van der Waals surface area (Å²) in [4.78, 5) is 8.23. The third-order valence-electron chi connectivity index (χ3n) is 0.328. The molecule has 0 aliphatic heterocycles. The summed E-state index contributed by atoms with van der Waals surface area (Å²) in [6.07, 6.45) is 0. The van der Waals surface area contributed by atoms with Gasteiger partial charge in [0.1, 0.15) is 0 Å². The lowest BCUT2D eigenvalue weighted by Gasteiger charge is -1.99. The maximum absolute atomic E-state index is 10.1. The van der Waals surface area contributed by atoms with E-state index in [1.54, 1.807) is 0 Å². The van der Waals surface area contributed by atoms with Crippen molar-refractivity contribution in [2.75, 3.05) is 11.9 Å². The Morgan fingerprint density at radius 1 is 1.88 bits per heavy atom. The van der Waals surface area contributed by atoms with Gasteiger partial charge in [0.15, 0.2) is 0 Å². The molecule has 0 aliphatic rings. The van der Waals surface area contributed by atoms with Crippen LogP contribution in [0.1, 0.15) is 0 Å². The fraction of sp³-hybridized carbons (Fsp3) is 1.00. The van der Waals surface area contributed by atoms with E-state index in [4.69, 9.17) is 16.1 Å². The maximum atomic E-state index is 10.1. The number of alkyl halides is 1. The first-order valence-corrected chi connectivity index (χ1v) is 5.39. The molecule has 0 spiro atoms. The van der Waals surface area contributed by atoms with Gasteiger partial charge in [-0.3, -0.25) is 4.52 Å². The van der Waals surface area contributed by atoms with E-state index in [0.717, 1.165) is 0 Å². The van der Waals surface area contributed by atoms with Gasteiger partial charge in [0, 0.05) is 16.6 Å². The van der Waals surface area contributed by atoms with Gasteiger partial charge in [-0.05, 0) is 0 Å². The molecule has 0 heterocycles. The summed E-state index contributed by atoms with van der Waals surface area (Å²) in [7, 11) is 0. The van der Waals surface area contributed by atoms with Gasteiger partial charge in [-0.25, -0.2) is 4.57 Å². The predicted molar refractivity (Wildman–Crippen MR) is 35.4 cm³/mol. The summed E-state index contributed by atoms with van der Waals surface area (Å²) in [6, 6.07) is 0. The molecular weight excluding hydrogens is 218 g/mol. The predicted octanol–water partition coefficient (Wildman–Crippen LogP) is 1.74. The average Bonchev–Trinajstić information content (AvgIpc) is 1.59. The average molecular weight is 223 g/mol. The van der Waals surface area contributed by atoms with Gasteiger partial charge in [0.2, 0.25) is 0 Å². The molecule has 6 heteroatoms. The fourth-order valence-corrected chi connectivity index (χ4v) is 1.08. The molecule has 0 radical (unpaired) electrons. The van der Waals surface area contributed by atoms with E-state index >= 15 is 0 Å². The Hall–Kier alpha value is 0.920. The van der Waals surface area contributed by atoms with Gasteiger partial charge in [0.05, 0.1) is 6.61 Å². The van der Waals surface area contributed by atoms with E-state index in [0.29, 0.717) is 5.33 Å². The Balaban J connectivity index is 3.26. The first-order chi connectivity index (χ1) is 3.56. The number of hydrogen-bond donors (Lipinski definition) is 1. The molecule has 1 unspecified atom stereocenters. The van der Waals surface area contributed by atoms with Crippen molar-refractivity contribution in [2.45, 2.75) is 0 Å². The summed E-state index contributed by atoms with van der Waals surface area (Å²) >= 11 is 7.77. The van der Waals surface area contributed by atoms with Gasteiger partial charge in [0.25, 0.3) is 0 Å². The summed E-state index contributed by atoms with van der Waals surface area (Å²) < 4.78 is 14.3. The molecule has 0 bridgehead atoms. The monoisotopic (exact) mass is 222 g/mol. The number of rotatable bonds is 3. The first-order valence-electron chi connectivity index (χ1n) is 1.79. The van der Waals surface area contributed by atoms with Crippen molar-refractivity contribution in [1.82, 2.24) is 0 Å². The molecule has 1 atom stereocenters. The van der Waals surface area contributed by atoms with Crippen LogP contribution in [0.15, 0.2) is 0 Å². The highest BCUT2D eigenvalue weighted by molar-refractivity contribution is 9.09. The third-order valence-corrected chi connectivity index (χ3v) is 1.45. The second kappa shape index (κ2) is 3.85. The van der Waals surface area contributed by atoms with Crippen molar-refractivity contribution < 1.29 is 14.0 Å². The van der Waals surface area contributed by atoms with Crippen molar-refractivity contribution >= 4 is 34.1 Å². The van der Waals surface area contributed by atoms with Crippen molar-refractivity contribution in [3.8, 4) is 0 Å². The van der Waals surface area contributed by atoms with Gasteiger partial charge in [-0.15, -0.1) is 0 Å². The molecule has 0 fully saturated rings. The van der Waals surface area contributed by atoms with Crippen LogP contribution in [0.2, 0.25) is 0 Å². The SMILES string of the molecule is O=P(O)(Cl)OCCBr. The normalized spacial score (nSPS) is 17.9. The molecule has 0 aromatic heterocycles. The van der Waals surface area contributed by atoms with Crippen LogP contribution < -0.4 is 0 Å². The van der Waals surface area contributed by atoms with Crippen LogP contribution in [0.3, 0.4) is 0 Å². The standard InChI is InChI=1S/C2H5BrClO3P/c3-1-2-7-8(4,5)6/h1-2H2,(H,5,6). The van der Waals surface area contributed by atoms with Crippen LogP contribution in [0.5, 0.6) is 0 Å². The summed E-state index contributed by atoms with van der Waals surface area (Å²) in [5, 5.41) is 0.504. The van der Waals surface area contributed by atoms with E-state index in [9.17, 15) is 4.57 Å². The Labute approximate surface area is 60.4 Å². The van der Waals surface area contributed by atoms with E-state index in [-0.39, 0.29) is 6.61 Å². The zero-order chi connectivity index (χ0) is 6.62. The van der Waals surface area contributed by atoms with Crippen molar-refractivity contribution in [2.24, 2.45) is 0 Å². The number of halogens is 2. The molecule has 0 aromatic carbocycles. The number of hydrogen-bond acceptors (Lipinski definition) is 2. The van der Waals surface area contributed by atoms with Crippen LogP contribution in [0, 0.1) is 0 Å². The van der Waals surface area contributed by atoms with Crippen molar-refractivity contribution in [1.29, 1.82) is 0 Å². The second-order valence-electron chi connectivity index (χ2n) is 0.974. The third kappa shape index (κ3) is 6.92. The molecule has 0 aromatic rings. The summed E-state index contributed by atoms with van der Waals surface area (Å²) in [5.41, 5.74) is 0. The molecule has 0 rings (SSSR count). The van der Waals surface area contributed by atoms with E-state index in [1.807, 2.05) is 0 Å². The fourth-order valence-electron chi connectivity index (χ4n) is 0.147. The largest absolute Gasteiger partial charge is 0.421 e. The zero-order valence-corrected chi connectivity index (χ0v) is 7.12. The van der Waals surface area contributed by atoms with Crippen LogP contribution in [-0.2, 0) is 9.09 Å². The Morgan fingerprint density at radius 2 is 2.38 bits per heavy atom. The van der Waals surface area contributed by atoms with E-state index in [1.165, 1.54) is 0 Å². The minimum absolute atomic E-state index is 0.150. The van der Waals surface area contributed by atoms with E-state index < -0.39 is 6.95 Å². The lowest BCUT2D eigenvalue weighted by molar-refractivity contribution is 0.293. The minimum Gasteiger partial charge on any atom is -0.313 e. The molecule has 0 amide bonds. The zero-order valence-electron chi connectivity index (χ0n) is 3.88. The topological polar surface area (TPSA) is 46.5 Å². The lowest BCUT2D eigenvalue weighted by Crippen LogP contribution is -1.87. The molecule has 3 nitrogen and oxygen atoms in total. The van der Waals surface area contributed by atoms with Crippen LogP contribution >= 0.6 is 34.1 Å². The van der Waals surface area contributed by atoms with Crippen molar-refractivity contribution in [3.05, 3.63) is 0 Å². The minimum atomic E-state index is -3.74. The molecule has 50 valence electrons. The van der Waals surface area contributed by atoms with Gasteiger partial charge in [-0.1, -0.05) is 15.9 Å². The summed E-state index contributed by atoms with van der Waals surface area (Å²) in [5.74, 6) is 0.